The Morgan fingerprint density at radius 1 is 1.11 bits per heavy atom. The van der Waals surface area contributed by atoms with Gasteiger partial charge in [-0.2, -0.15) is 0 Å². The molecule has 36 heavy (non-hydrogen) atoms. The molecular weight excluding hydrogens is 482 g/mol. The van der Waals surface area contributed by atoms with Gasteiger partial charge in [-0.15, -0.1) is 0 Å². The van der Waals surface area contributed by atoms with Crippen molar-refractivity contribution in [3.63, 3.8) is 0 Å². The molecule has 2 aliphatic rings. The van der Waals surface area contributed by atoms with E-state index in [1.807, 2.05) is 43.3 Å². The highest BCUT2D eigenvalue weighted by Gasteiger charge is 2.38. The molecule has 4 rings (SSSR count). The summed E-state index contributed by atoms with van der Waals surface area (Å²) in [7, 11) is 1.62. The topological polar surface area (TPSA) is 74.3 Å². The van der Waals surface area contributed by atoms with Gasteiger partial charge in [-0.1, -0.05) is 35.9 Å². The minimum Gasteiger partial charge on any atom is -0.491 e. The summed E-state index contributed by atoms with van der Waals surface area (Å²) >= 11 is 6.08. The molecule has 1 amide bonds. The van der Waals surface area contributed by atoms with Crippen LogP contribution in [0.4, 0.5) is 0 Å². The maximum absolute atomic E-state index is 13.4. The first-order chi connectivity index (χ1) is 17.5. The summed E-state index contributed by atoms with van der Waals surface area (Å²) in [6, 6.07) is 14.7. The van der Waals surface area contributed by atoms with Gasteiger partial charge < -0.3 is 23.8 Å². The number of carbonyl (C=O) groups excluding carboxylic acids is 2. The summed E-state index contributed by atoms with van der Waals surface area (Å²) in [5.74, 6) is -0.139. The summed E-state index contributed by atoms with van der Waals surface area (Å²) in [5.41, 5.74) is 2.81. The molecule has 0 N–H and O–H groups in total. The lowest BCUT2D eigenvalue weighted by atomic mass is 9.83. The minimum absolute atomic E-state index is 0.0159. The van der Waals surface area contributed by atoms with Gasteiger partial charge in [-0.25, -0.2) is 4.79 Å². The number of carbonyl (C=O) groups is 2. The second-order valence-electron chi connectivity index (χ2n) is 9.01. The van der Waals surface area contributed by atoms with Gasteiger partial charge in [0, 0.05) is 36.8 Å². The van der Waals surface area contributed by atoms with Crippen molar-refractivity contribution in [2.75, 3.05) is 33.5 Å². The Kier molecular flexibility index (Phi) is 9.02. The van der Waals surface area contributed by atoms with Gasteiger partial charge in [0.2, 0.25) is 5.91 Å². The summed E-state index contributed by atoms with van der Waals surface area (Å²) in [6.07, 6.45) is 2.05. The molecule has 2 aliphatic heterocycles. The number of benzene rings is 2. The molecule has 192 valence electrons. The Morgan fingerprint density at radius 3 is 2.53 bits per heavy atom. The van der Waals surface area contributed by atoms with E-state index in [1.165, 1.54) is 0 Å². The van der Waals surface area contributed by atoms with Crippen LogP contribution in [0.2, 0.25) is 5.02 Å². The Balaban J connectivity index is 1.52. The quantitative estimate of drug-likeness (QED) is 0.333. The SMILES string of the molecule is COCCOc1ccc(COC(=O)C2=C(C)N(C[C@H]3CCCO3)C(=O)C[C@@H]2c2ccc(Cl)cc2)cc1. The third-order valence-electron chi connectivity index (χ3n) is 6.57. The van der Waals surface area contributed by atoms with Crippen molar-refractivity contribution in [3.8, 4) is 5.75 Å². The maximum atomic E-state index is 13.4. The number of esters is 1. The standard InChI is InChI=1S/C28H32ClNO6/c1-19-27(28(32)36-18-20-5-11-23(12-6-20)35-15-14-33-2)25(21-7-9-22(29)10-8-21)16-26(31)30(19)17-24-4-3-13-34-24/h5-12,24-25H,3-4,13-18H2,1-2H3/t24-,25-/m1/s1. The molecule has 2 aromatic carbocycles. The fourth-order valence-corrected chi connectivity index (χ4v) is 4.75. The molecule has 8 heteroatoms. The third-order valence-corrected chi connectivity index (χ3v) is 6.83. The molecule has 0 unspecified atom stereocenters. The minimum atomic E-state index is -0.433. The highest BCUT2D eigenvalue weighted by Crippen LogP contribution is 2.38. The Labute approximate surface area is 216 Å². The summed E-state index contributed by atoms with van der Waals surface area (Å²) in [4.78, 5) is 28.3. The Bertz CT molecular complexity index is 1080. The van der Waals surface area contributed by atoms with Crippen LogP contribution in [0.25, 0.3) is 0 Å². The average molecular weight is 514 g/mol. The van der Waals surface area contributed by atoms with Crippen LogP contribution in [-0.2, 0) is 30.4 Å². The maximum Gasteiger partial charge on any atom is 0.336 e. The van der Waals surface area contributed by atoms with E-state index in [2.05, 4.69) is 0 Å². The predicted octanol–water partition coefficient (Wildman–Crippen LogP) is 4.88. The number of hydrogen-bond donors (Lipinski definition) is 0. The molecule has 1 fully saturated rings. The van der Waals surface area contributed by atoms with Gasteiger partial charge in [0.25, 0.3) is 0 Å². The van der Waals surface area contributed by atoms with E-state index in [1.54, 1.807) is 24.1 Å². The van der Waals surface area contributed by atoms with Gasteiger partial charge in [0.1, 0.15) is 19.0 Å². The van der Waals surface area contributed by atoms with Crippen LogP contribution in [0.1, 0.15) is 43.2 Å². The first-order valence-corrected chi connectivity index (χ1v) is 12.6. The number of nitrogens with zero attached hydrogens (tertiary/aromatic N) is 1. The zero-order valence-corrected chi connectivity index (χ0v) is 21.5. The molecule has 0 aromatic heterocycles. The lowest BCUT2D eigenvalue weighted by Crippen LogP contribution is -2.42. The van der Waals surface area contributed by atoms with Crippen molar-refractivity contribution in [1.29, 1.82) is 0 Å². The van der Waals surface area contributed by atoms with E-state index < -0.39 is 11.9 Å². The predicted molar refractivity (Wildman–Crippen MR) is 136 cm³/mol. The number of hydrogen-bond acceptors (Lipinski definition) is 6. The molecule has 0 bridgehead atoms. The number of rotatable bonds is 10. The number of methoxy groups -OCH3 is 1. The van der Waals surface area contributed by atoms with Crippen LogP contribution in [0.5, 0.6) is 5.75 Å². The molecule has 1 saturated heterocycles. The smallest absolute Gasteiger partial charge is 0.336 e. The second-order valence-corrected chi connectivity index (χ2v) is 9.44. The number of allylic oxidation sites excluding steroid dienone is 1. The molecule has 2 atom stereocenters. The van der Waals surface area contributed by atoms with Crippen molar-refractivity contribution in [2.45, 2.75) is 44.8 Å². The molecule has 2 heterocycles. The average Bonchev–Trinajstić information content (AvgIpc) is 3.39. The molecule has 0 spiro atoms. The van der Waals surface area contributed by atoms with Gasteiger partial charge in [-0.3, -0.25) is 4.79 Å². The summed E-state index contributed by atoms with van der Waals surface area (Å²) < 4.78 is 22.1. The molecule has 2 aromatic rings. The zero-order valence-electron chi connectivity index (χ0n) is 20.7. The van der Waals surface area contributed by atoms with Crippen LogP contribution in [0.3, 0.4) is 0 Å². The van der Waals surface area contributed by atoms with Gasteiger partial charge in [-0.05, 0) is 55.2 Å². The molecule has 0 aliphatic carbocycles. The van der Waals surface area contributed by atoms with Gasteiger partial charge in [0.05, 0.1) is 24.8 Å². The van der Waals surface area contributed by atoms with E-state index in [4.69, 9.17) is 30.5 Å². The Hall–Kier alpha value is -2.87. The second kappa shape index (κ2) is 12.4. The van der Waals surface area contributed by atoms with E-state index in [0.29, 0.717) is 42.7 Å². The molecule has 0 saturated carbocycles. The highest BCUT2D eigenvalue weighted by atomic mass is 35.5. The first-order valence-electron chi connectivity index (χ1n) is 12.2. The van der Waals surface area contributed by atoms with Crippen LogP contribution in [0.15, 0.2) is 59.8 Å². The number of ether oxygens (including phenoxy) is 4. The van der Waals surface area contributed by atoms with E-state index in [9.17, 15) is 9.59 Å². The van der Waals surface area contributed by atoms with Crippen LogP contribution in [-0.4, -0.2) is 56.4 Å². The van der Waals surface area contributed by atoms with Crippen molar-refractivity contribution in [1.82, 2.24) is 4.90 Å². The Morgan fingerprint density at radius 2 is 1.86 bits per heavy atom. The third kappa shape index (κ3) is 6.46. The fourth-order valence-electron chi connectivity index (χ4n) is 4.62. The zero-order chi connectivity index (χ0) is 25.5. The van der Waals surface area contributed by atoms with Gasteiger partial charge >= 0.3 is 5.97 Å². The fraction of sp³-hybridized carbons (Fsp3) is 0.429. The monoisotopic (exact) mass is 513 g/mol. The first kappa shape index (κ1) is 26.2. The van der Waals surface area contributed by atoms with E-state index in [-0.39, 0.29) is 25.0 Å². The molecule has 7 nitrogen and oxygen atoms in total. The van der Waals surface area contributed by atoms with Crippen LogP contribution < -0.4 is 4.74 Å². The van der Waals surface area contributed by atoms with Crippen molar-refractivity contribution >= 4 is 23.5 Å². The van der Waals surface area contributed by atoms with Crippen molar-refractivity contribution < 1.29 is 28.5 Å². The molecule has 0 radical (unpaired) electrons. The summed E-state index contributed by atoms with van der Waals surface area (Å²) in [5, 5.41) is 0.598. The van der Waals surface area contributed by atoms with Crippen molar-refractivity contribution in [2.24, 2.45) is 0 Å². The van der Waals surface area contributed by atoms with Crippen LogP contribution in [0, 0.1) is 0 Å². The largest absolute Gasteiger partial charge is 0.491 e. The number of amides is 1. The van der Waals surface area contributed by atoms with Crippen LogP contribution >= 0.6 is 11.6 Å². The molecular formula is C28H32ClNO6. The lowest BCUT2D eigenvalue weighted by molar-refractivity contribution is -0.141. The lowest BCUT2D eigenvalue weighted by Gasteiger charge is -2.35. The summed E-state index contributed by atoms with van der Waals surface area (Å²) in [6.45, 7) is 4.05. The highest BCUT2D eigenvalue weighted by molar-refractivity contribution is 6.30. The normalized spacial score (nSPS) is 20.1. The van der Waals surface area contributed by atoms with E-state index in [0.717, 1.165) is 29.7 Å². The van der Waals surface area contributed by atoms with Crippen molar-refractivity contribution in [3.05, 3.63) is 76.0 Å². The van der Waals surface area contributed by atoms with Gasteiger partial charge in [0.15, 0.2) is 0 Å². The number of halogens is 1. The van der Waals surface area contributed by atoms with E-state index >= 15 is 0 Å².